The van der Waals surface area contributed by atoms with Gasteiger partial charge in [0, 0.05) is 12.1 Å². The van der Waals surface area contributed by atoms with Gasteiger partial charge in [-0.3, -0.25) is 9.89 Å². The van der Waals surface area contributed by atoms with Gasteiger partial charge in [0.1, 0.15) is 5.82 Å². The van der Waals surface area contributed by atoms with Crippen molar-refractivity contribution in [3.8, 4) is 0 Å². The van der Waals surface area contributed by atoms with Gasteiger partial charge in [0.2, 0.25) is 5.91 Å². The van der Waals surface area contributed by atoms with Crippen LogP contribution in [-0.4, -0.2) is 36.0 Å². The van der Waals surface area contributed by atoms with E-state index in [1.807, 2.05) is 0 Å². The molecule has 0 aromatic carbocycles. The van der Waals surface area contributed by atoms with Crippen LogP contribution in [0.2, 0.25) is 0 Å². The van der Waals surface area contributed by atoms with Gasteiger partial charge in [0.25, 0.3) is 0 Å². The molecular weight excluding hydrogens is 244 g/mol. The van der Waals surface area contributed by atoms with E-state index in [0.29, 0.717) is 17.8 Å². The maximum Gasteiger partial charge on any atom is 0.224 e. The minimum Gasteiger partial charge on any atom is -0.384 e. The van der Waals surface area contributed by atoms with E-state index in [9.17, 15) is 13.2 Å². The zero-order valence-corrected chi connectivity index (χ0v) is 9.96. The number of nitrogen functional groups attached to an aromatic ring is 1. The SMILES string of the molecule is Nc1[nH]ncc1CNC(=O)C1CCS(=O)(=O)C1. The van der Waals surface area contributed by atoms with E-state index < -0.39 is 15.8 Å². The van der Waals surface area contributed by atoms with Crippen molar-refractivity contribution < 1.29 is 13.2 Å². The normalized spacial score (nSPS) is 22.5. The monoisotopic (exact) mass is 258 g/mol. The summed E-state index contributed by atoms with van der Waals surface area (Å²) in [6, 6.07) is 0. The molecule has 8 heteroatoms. The van der Waals surface area contributed by atoms with E-state index in [1.165, 1.54) is 6.20 Å². The fourth-order valence-corrected chi connectivity index (χ4v) is 3.53. The van der Waals surface area contributed by atoms with Crippen molar-refractivity contribution in [2.45, 2.75) is 13.0 Å². The summed E-state index contributed by atoms with van der Waals surface area (Å²) in [7, 11) is -3.02. The van der Waals surface area contributed by atoms with Crippen molar-refractivity contribution in [1.82, 2.24) is 15.5 Å². The standard InChI is InChI=1S/C9H14N4O3S/c10-8-7(4-12-13-8)3-11-9(14)6-1-2-17(15,16)5-6/h4,6H,1-3,5H2,(H,11,14)(H3,10,12,13). The average molecular weight is 258 g/mol. The van der Waals surface area contributed by atoms with Crippen LogP contribution in [0, 0.1) is 5.92 Å². The Kier molecular flexibility index (Phi) is 3.05. The van der Waals surface area contributed by atoms with E-state index in [1.54, 1.807) is 0 Å². The Morgan fingerprint density at radius 1 is 1.65 bits per heavy atom. The molecule has 0 spiro atoms. The summed E-state index contributed by atoms with van der Waals surface area (Å²) >= 11 is 0. The first-order chi connectivity index (χ1) is 7.98. The molecular formula is C9H14N4O3S. The highest BCUT2D eigenvalue weighted by Gasteiger charge is 2.32. The summed E-state index contributed by atoms with van der Waals surface area (Å²) in [5, 5.41) is 8.94. The first kappa shape index (κ1) is 11.9. The number of hydrogen-bond acceptors (Lipinski definition) is 5. The zero-order valence-electron chi connectivity index (χ0n) is 9.14. The molecule has 0 aliphatic carbocycles. The van der Waals surface area contributed by atoms with Crippen LogP contribution < -0.4 is 11.1 Å². The largest absolute Gasteiger partial charge is 0.384 e. The van der Waals surface area contributed by atoms with Crippen molar-refractivity contribution in [3.05, 3.63) is 11.8 Å². The number of nitrogens with two attached hydrogens (primary N) is 1. The predicted molar refractivity (Wildman–Crippen MR) is 61.6 cm³/mol. The van der Waals surface area contributed by atoms with Crippen LogP contribution in [-0.2, 0) is 21.2 Å². The summed E-state index contributed by atoms with van der Waals surface area (Å²) in [6.07, 6.45) is 1.93. The Morgan fingerprint density at radius 3 is 2.94 bits per heavy atom. The summed E-state index contributed by atoms with van der Waals surface area (Å²) in [5.74, 6) is -0.234. The van der Waals surface area contributed by atoms with E-state index >= 15 is 0 Å². The molecule has 1 fully saturated rings. The van der Waals surface area contributed by atoms with E-state index in [4.69, 9.17) is 5.73 Å². The van der Waals surface area contributed by atoms with Crippen molar-refractivity contribution in [1.29, 1.82) is 0 Å². The molecule has 1 saturated heterocycles. The summed E-state index contributed by atoms with van der Waals surface area (Å²) in [4.78, 5) is 11.7. The van der Waals surface area contributed by atoms with E-state index in [0.717, 1.165) is 0 Å². The Bertz CT molecular complexity index is 522. The molecule has 17 heavy (non-hydrogen) atoms. The van der Waals surface area contributed by atoms with Gasteiger partial charge < -0.3 is 11.1 Å². The minimum atomic E-state index is -3.02. The lowest BCUT2D eigenvalue weighted by Gasteiger charge is -2.08. The van der Waals surface area contributed by atoms with Crippen LogP contribution in [0.3, 0.4) is 0 Å². The second kappa shape index (κ2) is 4.36. The Labute approximate surface area is 98.7 Å². The highest BCUT2D eigenvalue weighted by molar-refractivity contribution is 7.91. The zero-order chi connectivity index (χ0) is 12.5. The third-order valence-electron chi connectivity index (χ3n) is 2.81. The third kappa shape index (κ3) is 2.76. The minimum absolute atomic E-state index is 0.0559. The van der Waals surface area contributed by atoms with E-state index in [-0.39, 0.29) is 24.0 Å². The van der Waals surface area contributed by atoms with Crippen LogP contribution >= 0.6 is 0 Å². The van der Waals surface area contributed by atoms with Crippen LogP contribution in [0.15, 0.2) is 6.20 Å². The summed E-state index contributed by atoms with van der Waals surface area (Å²) in [5.41, 5.74) is 6.25. The van der Waals surface area contributed by atoms with Gasteiger partial charge in [-0.25, -0.2) is 8.42 Å². The van der Waals surface area contributed by atoms with Gasteiger partial charge >= 0.3 is 0 Å². The molecule has 1 unspecified atom stereocenters. The van der Waals surface area contributed by atoms with Crippen molar-refractivity contribution in [2.24, 2.45) is 5.92 Å². The molecule has 0 radical (unpaired) electrons. The smallest absolute Gasteiger partial charge is 0.224 e. The quantitative estimate of drug-likeness (QED) is 0.645. The topological polar surface area (TPSA) is 118 Å². The van der Waals surface area contributed by atoms with Crippen molar-refractivity contribution in [2.75, 3.05) is 17.2 Å². The van der Waals surface area contributed by atoms with Gasteiger partial charge in [-0.15, -0.1) is 0 Å². The maximum atomic E-state index is 11.7. The molecule has 1 amide bonds. The third-order valence-corrected chi connectivity index (χ3v) is 4.58. The highest BCUT2D eigenvalue weighted by atomic mass is 32.2. The number of H-pyrrole nitrogens is 1. The number of carbonyl (C=O) groups excluding carboxylic acids is 1. The van der Waals surface area contributed by atoms with Crippen LogP contribution in [0.4, 0.5) is 5.82 Å². The number of carbonyl (C=O) groups is 1. The lowest BCUT2D eigenvalue weighted by molar-refractivity contribution is -0.124. The molecule has 0 bridgehead atoms. The molecule has 2 heterocycles. The molecule has 4 N–H and O–H groups in total. The Balaban J connectivity index is 1.89. The number of aromatic amines is 1. The van der Waals surface area contributed by atoms with Crippen LogP contribution in [0.5, 0.6) is 0 Å². The molecule has 1 aromatic heterocycles. The molecule has 1 aromatic rings. The number of sulfone groups is 1. The number of nitrogens with zero attached hydrogens (tertiary/aromatic N) is 1. The molecule has 7 nitrogen and oxygen atoms in total. The van der Waals surface area contributed by atoms with E-state index in [2.05, 4.69) is 15.5 Å². The van der Waals surface area contributed by atoms with Gasteiger partial charge in [-0.2, -0.15) is 5.10 Å². The van der Waals surface area contributed by atoms with Gasteiger partial charge in [-0.05, 0) is 6.42 Å². The first-order valence-electron chi connectivity index (χ1n) is 5.24. The number of nitrogens with one attached hydrogen (secondary N) is 2. The number of anilines is 1. The van der Waals surface area contributed by atoms with Crippen molar-refractivity contribution in [3.63, 3.8) is 0 Å². The highest BCUT2D eigenvalue weighted by Crippen LogP contribution is 2.18. The Hall–Kier alpha value is -1.57. The fraction of sp³-hybridized carbons (Fsp3) is 0.556. The van der Waals surface area contributed by atoms with Crippen LogP contribution in [0.25, 0.3) is 0 Å². The maximum absolute atomic E-state index is 11.7. The number of hydrogen-bond donors (Lipinski definition) is 3. The average Bonchev–Trinajstić information content (AvgIpc) is 2.81. The lowest BCUT2D eigenvalue weighted by Crippen LogP contribution is -2.31. The Morgan fingerprint density at radius 2 is 2.41 bits per heavy atom. The second-order valence-electron chi connectivity index (χ2n) is 4.13. The fourth-order valence-electron chi connectivity index (χ4n) is 1.79. The summed E-state index contributed by atoms with van der Waals surface area (Å²) < 4.78 is 22.4. The number of amides is 1. The second-order valence-corrected chi connectivity index (χ2v) is 6.36. The molecule has 1 aliphatic heterocycles. The van der Waals surface area contributed by atoms with Gasteiger partial charge in [0.05, 0.1) is 23.6 Å². The molecule has 94 valence electrons. The summed E-state index contributed by atoms with van der Waals surface area (Å²) in [6.45, 7) is 0.262. The number of aromatic nitrogens is 2. The van der Waals surface area contributed by atoms with Gasteiger partial charge in [-0.1, -0.05) is 0 Å². The van der Waals surface area contributed by atoms with Crippen molar-refractivity contribution >= 4 is 21.6 Å². The number of rotatable bonds is 3. The molecule has 1 aliphatic rings. The first-order valence-corrected chi connectivity index (χ1v) is 7.06. The molecule has 1 atom stereocenters. The molecule has 2 rings (SSSR count). The van der Waals surface area contributed by atoms with Gasteiger partial charge in [0.15, 0.2) is 9.84 Å². The lowest BCUT2D eigenvalue weighted by atomic mass is 10.1. The predicted octanol–water partition coefficient (Wildman–Crippen LogP) is -0.957. The van der Waals surface area contributed by atoms with Crippen LogP contribution in [0.1, 0.15) is 12.0 Å². The molecule has 0 saturated carbocycles.